The molecule has 0 aliphatic carbocycles. The fourth-order valence-electron chi connectivity index (χ4n) is 6.89. The summed E-state index contributed by atoms with van der Waals surface area (Å²) < 4.78 is 32.1. The largest absolute Gasteiger partial charge is 0.472 e. The maximum absolute atomic E-state index is 12.5. The van der Waals surface area contributed by atoms with Gasteiger partial charge in [-0.05, 0) is 51.4 Å². The Labute approximate surface area is 363 Å². The minimum Gasteiger partial charge on any atom is -0.462 e. The van der Waals surface area contributed by atoms with Gasteiger partial charge in [0.2, 0.25) is 0 Å². The van der Waals surface area contributed by atoms with E-state index in [-0.39, 0.29) is 25.4 Å². The monoisotopic (exact) mass is 851 g/mol. The molecule has 0 fully saturated rings. The first kappa shape index (κ1) is 57.0. The first-order valence-corrected chi connectivity index (χ1v) is 25.8. The summed E-state index contributed by atoms with van der Waals surface area (Å²) in [4.78, 5) is 34.6. The Morgan fingerprint density at radius 3 is 1.29 bits per heavy atom. The maximum atomic E-state index is 12.5. The molecule has 0 aromatic heterocycles. The van der Waals surface area contributed by atoms with Gasteiger partial charge in [0.1, 0.15) is 6.61 Å². The van der Waals surface area contributed by atoms with Crippen molar-refractivity contribution in [1.82, 2.24) is 0 Å². The van der Waals surface area contributed by atoms with Gasteiger partial charge in [0.05, 0.1) is 6.61 Å². The molecule has 344 valence electrons. The fourth-order valence-corrected chi connectivity index (χ4v) is 7.35. The molecular weight excluding hydrogens is 760 g/mol. The highest BCUT2D eigenvalue weighted by Gasteiger charge is 2.24. The van der Waals surface area contributed by atoms with Crippen molar-refractivity contribution in [3.63, 3.8) is 0 Å². The molecule has 1 N–H and O–H groups in total. The zero-order chi connectivity index (χ0) is 43.2. The normalized spacial score (nSPS) is 13.6. The summed E-state index contributed by atoms with van der Waals surface area (Å²) >= 11 is 0. The van der Waals surface area contributed by atoms with Crippen LogP contribution in [0.25, 0.3) is 0 Å². The van der Waals surface area contributed by atoms with Crippen LogP contribution in [0.15, 0.2) is 48.6 Å². The van der Waals surface area contributed by atoms with Gasteiger partial charge in [0.25, 0.3) is 0 Å². The molecule has 0 amide bonds. The van der Waals surface area contributed by atoms with Crippen LogP contribution < -0.4 is 0 Å². The van der Waals surface area contributed by atoms with Crippen molar-refractivity contribution in [3.8, 4) is 0 Å². The summed E-state index contributed by atoms with van der Waals surface area (Å²) in [5, 5.41) is 0. The molecule has 0 bridgehead atoms. The Morgan fingerprint density at radius 2 is 0.864 bits per heavy atom. The number of ether oxygens (including phenoxy) is 2. The number of phosphoric acid groups is 1. The van der Waals surface area contributed by atoms with Gasteiger partial charge in [0, 0.05) is 20.0 Å². The highest BCUT2D eigenvalue weighted by molar-refractivity contribution is 7.47. The molecule has 8 nitrogen and oxygen atoms in total. The Bertz CT molecular complexity index is 1100. The molecular formula is C50H91O8P. The van der Waals surface area contributed by atoms with Crippen LogP contribution in [-0.2, 0) is 32.7 Å². The van der Waals surface area contributed by atoms with Crippen LogP contribution in [0, 0.1) is 0 Å². The molecule has 0 aromatic rings. The number of rotatable bonds is 45. The Kier molecular flexibility index (Phi) is 44.0. The van der Waals surface area contributed by atoms with E-state index in [1.807, 2.05) is 0 Å². The molecule has 0 aromatic carbocycles. The first-order valence-electron chi connectivity index (χ1n) is 24.3. The van der Waals surface area contributed by atoms with E-state index < -0.39 is 26.5 Å². The molecule has 0 aliphatic rings. The van der Waals surface area contributed by atoms with Crippen molar-refractivity contribution in [2.24, 2.45) is 0 Å². The lowest BCUT2D eigenvalue weighted by Gasteiger charge is -2.19. The number of carbonyl (C=O) groups is 2. The standard InChI is InChI=1S/C50H91O8P/c1-4-6-8-10-12-14-16-18-20-22-23-24-25-26-27-29-30-32-34-36-38-40-42-44-49(51)56-46-48(47-57-59(53,54)55-3)58-50(52)45-43-41-39-37-35-33-31-28-21-19-17-15-13-11-9-7-5-2/h7,9,13,15,19,21,31,33,48H,4-6,8,10-12,14,16-18,20,22-30,32,34-47H2,1-3H3,(H,53,54)/b9-7-,15-13-,21-19-,33-31-. The van der Waals surface area contributed by atoms with E-state index in [1.54, 1.807) is 0 Å². The molecule has 0 rings (SSSR count). The number of esters is 2. The van der Waals surface area contributed by atoms with Gasteiger partial charge in [0.15, 0.2) is 6.10 Å². The Balaban J connectivity index is 3.91. The Morgan fingerprint density at radius 1 is 0.492 bits per heavy atom. The third kappa shape index (κ3) is 45.4. The fraction of sp³-hybridized carbons (Fsp3) is 0.800. The topological polar surface area (TPSA) is 108 Å². The number of carbonyl (C=O) groups excluding carboxylic acids is 2. The van der Waals surface area contributed by atoms with Crippen LogP contribution in [0.5, 0.6) is 0 Å². The number of unbranched alkanes of at least 4 members (excludes halogenated alkanes) is 26. The van der Waals surface area contributed by atoms with E-state index in [0.717, 1.165) is 77.7 Å². The van der Waals surface area contributed by atoms with E-state index in [4.69, 9.17) is 14.0 Å². The molecule has 59 heavy (non-hydrogen) atoms. The van der Waals surface area contributed by atoms with E-state index in [9.17, 15) is 19.0 Å². The minimum absolute atomic E-state index is 0.217. The van der Waals surface area contributed by atoms with Crippen LogP contribution in [0.1, 0.15) is 232 Å². The van der Waals surface area contributed by atoms with Crippen molar-refractivity contribution in [3.05, 3.63) is 48.6 Å². The predicted octanol–water partition coefficient (Wildman–Crippen LogP) is 15.7. The van der Waals surface area contributed by atoms with Gasteiger partial charge >= 0.3 is 19.8 Å². The second kappa shape index (κ2) is 45.5. The number of allylic oxidation sites excluding steroid dienone is 8. The summed E-state index contributed by atoms with van der Waals surface area (Å²) in [6, 6.07) is 0. The summed E-state index contributed by atoms with van der Waals surface area (Å²) in [5.41, 5.74) is 0. The molecule has 0 spiro atoms. The van der Waals surface area contributed by atoms with Crippen LogP contribution in [-0.4, -0.2) is 43.3 Å². The zero-order valence-corrected chi connectivity index (χ0v) is 39.3. The van der Waals surface area contributed by atoms with Gasteiger partial charge < -0.3 is 14.4 Å². The summed E-state index contributed by atoms with van der Waals surface area (Å²) in [7, 11) is -3.21. The molecule has 0 saturated heterocycles. The van der Waals surface area contributed by atoms with Crippen molar-refractivity contribution >= 4 is 19.8 Å². The molecule has 0 heterocycles. The zero-order valence-electron chi connectivity index (χ0n) is 38.4. The molecule has 9 heteroatoms. The van der Waals surface area contributed by atoms with Gasteiger partial charge in [-0.1, -0.05) is 217 Å². The van der Waals surface area contributed by atoms with Crippen molar-refractivity contribution < 1.29 is 37.6 Å². The van der Waals surface area contributed by atoms with Crippen LogP contribution in [0.2, 0.25) is 0 Å². The average molecular weight is 851 g/mol. The van der Waals surface area contributed by atoms with Crippen LogP contribution in [0.4, 0.5) is 0 Å². The van der Waals surface area contributed by atoms with E-state index >= 15 is 0 Å². The highest BCUT2D eigenvalue weighted by Crippen LogP contribution is 2.42. The molecule has 0 saturated carbocycles. The smallest absolute Gasteiger partial charge is 0.462 e. The first-order chi connectivity index (χ1) is 28.8. The quantitative estimate of drug-likeness (QED) is 0.0279. The molecule has 2 atom stereocenters. The second-order valence-corrected chi connectivity index (χ2v) is 17.8. The van der Waals surface area contributed by atoms with E-state index in [1.165, 1.54) is 128 Å². The lowest BCUT2D eigenvalue weighted by molar-refractivity contribution is -0.161. The lowest BCUT2D eigenvalue weighted by Crippen LogP contribution is -2.29. The van der Waals surface area contributed by atoms with Gasteiger partial charge in [-0.2, -0.15) is 0 Å². The van der Waals surface area contributed by atoms with Crippen LogP contribution in [0.3, 0.4) is 0 Å². The second-order valence-electron chi connectivity index (χ2n) is 16.2. The van der Waals surface area contributed by atoms with Gasteiger partial charge in [-0.25, -0.2) is 4.57 Å². The van der Waals surface area contributed by atoms with E-state index in [2.05, 4.69) is 67.0 Å². The average Bonchev–Trinajstić information content (AvgIpc) is 3.23. The van der Waals surface area contributed by atoms with Crippen molar-refractivity contribution in [1.29, 1.82) is 0 Å². The summed E-state index contributed by atoms with van der Waals surface area (Å²) in [6.45, 7) is 3.78. The number of hydrogen-bond acceptors (Lipinski definition) is 7. The van der Waals surface area contributed by atoms with E-state index in [0.29, 0.717) is 6.42 Å². The minimum atomic E-state index is -4.27. The number of hydrogen-bond donors (Lipinski definition) is 1. The van der Waals surface area contributed by atoms with Gasteiger partial charge in [-0.15, -0.1) is 0 Å². The van der Waals surface area contributed by atoms with Crippen LogP contribution >= 0.6 is 7.82 Å². The lowest BCUT2D eigenvalue weighted by atomic mass is 10.0. The molecule has 0 aliphatic heterocycles. The summed E-state index contributed by atoms with van der Waals surface area (Å²) in [5.74, 6) is -0.824. The SMILES string of the molecule is CC/C=C\C/C=C\C/C=C\C/C=C\CCCCCCC(=O)OC(COC(=O)CCCCCCCCCCCCCCCCCCCCCCCCC)COP(=O)(O)OC. The van der Waals surface area contributed by atoms with Crippen molar-refractivity contribution in [2.75, 3.05) is 20.3 Å². The predicted molar refractivity (Wildman–Crippen MR) is 249 cm³/mol. The van der Waals surface area contributed by atoms with Gasteiger partial charge in [-0.3, -0.25) is 18.6 Å². The third-order valence-electron chi connectivity index (χ3n) is 10.6. The number of phosphoric ester groups is 1. The highest BCUT2D eigenvalue weighted by atomic mass is 31.2. The Hall–Kier alpha value is -1.99. The molecule has 0 radical (unpaired) electrons. The molecule has 2 unspecified atom stereocenters. The van der Waals surface area contributed by atoms with Crippen molar-refractivity contribution in [2.45, 2.75) is 238 Å². The summed E-state index contributed by atoms with van der Waals surface area (Å²) in [6.07, 6.45) is 56.1. The maximum Gasteiger partial charge on any atom is 0.472 e. The third-order valence-corrected chi connectivity index (χ3v) is 11.5.